The van der Waals surface area contributed by atoms with Crippen molar-refractivity contribution in [1.29, 1.82) is 0 Å². The average Bonchev–Trinajstić information content (AvgIpc) is 3.62. The second kappa shape index (κ2) is 11.4. The summed E-state index contributed by atoms with van der Waals surface area (Å²) in [5, 5.41) is 2.60. The van der Waals surface area contributed by atoms with Gasteiger partial charge in [-0.1, -0.05) is 42.1 Å². The van der Waals surface area contributed by atoms with Crippen LogP contribution in [0.3, 0.4) is 0 Å². The van der Waals surface area contributed by atoms with Gasteiger partial charge in [0, 0.05) is 29.6 Å². The van der Waals surface area contributed by atoms with Crippen LogP contribution in [0.25, 0.3) is 0 Å². The first-order chi connectivity index (χ1) is 21.3. The molecule has 2 amide bonds. The number of carbonyl (C=O) groups excluding carboxylic acids is 3. The van der Waals surface area contributed by atoms with Gasteiger partial charge in [-0.15, -0.1) is 0 Å². The summed E-state index contributed by atoms with van der Waals surface area (Å²) in [4.78, 5) is 42.6. The van der Waals surface area contributed by atoms with Crippen molar-refractivity contribution in [3.05, 3.63) is 82.9 Å². The zero-order valence-corrected chi connectivity index (χ0v) is 26.6. The summed E-state index contributed by atoms with van der Waals surface area (Å²) >= 11 is 1.39. The van der Waals surface area contributed by atoms with E-state index in [2.05, 4.69) is 5.32 Å². The number of nitrogens with two attached hydrogens (primary N) is 3. The lowest BCUT2D eigenvalue weighted by molar-refractivity contribution is -0.127. The number of aryl methyl sites for hydroxylation is 1. The molecule has 0 spiro atoms. The van der Waals surface area contributed by atoms with Crippen LogP contribution in [-0.2, 0) is 19.9 Å². The topological polar surface area (TPSA) is 163 Å². The number of ether oxygens (including phenoxy) is 2. The number of likely N-dealkylation sites (tertiary alicyclic amines) is 1. The first-order valence-corrected chi connectivity index (χ1v) is 16.0. The van der Waals surface area contributed by atoms with Crippen LogP contribution in [0, 0.1) is 12.8 Å². The number of rotatable bonds is 5. The van der Waals surface area contributed by atoms with Gasteiger partial charge in [0.15, 0.2) is 5.78 Å². The number of ketones is 1. The Morgan fingerprint density at radius 1 is 1.04 bits per heavy atom. The monoisotopic (exact) mass is 629 g/mol. The van der Waals surface area contributed by atoms with Crippen molar-refractivity contribution in [3.63, 3.8) is 0 Å². The molecular weight excluding hydrogens is 590 g/mol. The first kappa shape index (κ1) is 30.9. The second-order valence-corrected chi connectivity index (χ2v) is 14.2. The predicted molar refractivity (Wildman–Crippen MR) is 173 cm³/mol. The number of nitrogens with one attached hydrogen (secondary N) is 1. The van der Waals surface area contributed by atoms with Gasteiger partial charge in [0.2, 0.25) is 5.91 Å². The molecule has 1 fully saturated rings. The fraction of sp³-hybridized carbons (Fsp3) is 0.382. The fourth-order valence-electron chi connectivity index (χ4n) is 6.59. The van der Waals surface area contributed by atoms with Crippen LogP contribution in [0.4, 0.5) is 10.5 Å². The van der Waals surface area contributed by atoms with Crippen LogP contribution in [0.5, 0.6) is 11.5 Å². The Balaban J connectivity index is 1.26. The van der Waals surface area contributed by atoms with E-state index in [1.807, 2.05) is 70.2 Å². The minimum Gasteiger partial charge on any atom is -0.457 e. The van der Waals surface area contributed by atoms with E-state index in [0.29, 0.717) is 41.3 Å². The van der Waals surface area contributed by atoms with Crippen LogP contribution in [-0.4, -0.2) is 52.8 Å². The Bertz CT molecular complexity index is 1680. The van der Waals surface area contributed by atoms with Crippen molar-refractivity contribution >= 4 is 35.2 Å². The van der Waals surface area contributed by atoms with E-state index in [1.54, 1.807) is 23.1 Å². The van der Waals surface area contributed by atoms with Crippen LogP contribution in [0.2, 0.25) is 0 Å². The Morgan fingerprint density at radius 2 is 1.76 bits per heavy atom. The molecule has 2 heterocycles. The third kappa shape index (κ3) is 5.53. The van der Waals surface area contributed by atoms with Gasteiger partial charge in [0.1, 0.15) is 22.6 Å². The quantitative estimate of drug-likeness (QED) is 0.300. The van der Waals surface area contributed by atoms with Gasteiger partial charge in [-0.3, -0.25) is 9.59 Å². The number of Topliss-reactive ketones (excluding diaryl/α,β-unsaturated/α-hetero) is 1. The number of nitrogen functional groups attached to an aromatic ring is 1. The largest absolute Gasteiger partial charge is 0.457 e. The van der Waals surface area contributed by atoms with E-state index >= 15 is 0 Å². The van der Waals surface area contributed by atoms with Crippen LogP contribution in [0.1, 0.15) is 55.4 Å². The molecule has 11 heteroatoms. The van der Waals surface area contributed by atoms with Crippen LogP contribution < -0.4 is 27.3 Å². The third-order valence-electron chi connectivity index (χ3n) is 8.73. The smallest absolute Gasteiger partial charge is 0.410 e. The molecule has 236 valence electrons. The normalized spacial score (nSPS) is 25.6. The van der Waals surface area contributed by atoms with Gasteiger partial charge in [-0.25, -0.2) is 4.79 Å². The standard InChI is InChI=1S/C34H39N5O5S/c1-18-16-21(43-20-8-6-5-7-9-20)10-11-22(18)34(37)23-12-13-24(35)28-25(23)26(27(36)29(34)40)31(45-28)38-30(41)19-14-15-39(17-19)32(42)44-33(2,3)4/h5-13,16,19,26-27,31H,14-15,17,35-37H2,1-4H3,(H,38,41)/t19-,26?,27?,31?,34?/m0/s1. The minimum absolute atomic E-state index is 0.208. The number of thioether (sulfide) groups is 1. The zero-order chi connectivity index (χ0) is 32.3. The van der Waals surface area contributed by atoms with Gasteiger partial charge in [0.25, 0.3) is 0 Å². The molecule has 3 aromatic rings. The summed E-state index contributed by atoms with van der Waals surface area (Å²) in [6.45, 7) is 7.99. The number of hydrogen-bond acceptors (Lipinski definition) is 9. The molecule has 2 aliphatic heterocycles. The van der Waals surface area contributed by atoms with Crippen LogP contribution >= 0.6 is 11.8 Å². The fourth-order valence-corrected chi connectivity index (χ4v) is 8.05. The molecule has 3 aliphatic rings. The summed E-state index contributed by atoms with van der Waals surface area (Å²) in [5.41, 5.74) is 21.5. The Kier molecular flexibility index (Phi) is 7.83. The maximum absolute atomic E-state index is 14.2. The molecule has 7 N–H and O–H groups in total. The predicted octanol–water partition coefficient (Wildman–Crippen LogP) is 4.37. The number of carbonyl (C=O) groups is 3. The number of anilines is 1. The highest BCUT2D eigenvalue weighted by atomic mass is 32.2. The van der Waals surface area contributed by atoms with E-state index in [-0.39, 0.29) is 18.2 Å². The highest BCUT2D eigenvalue weighted by Gasteiger charge is 2.56. The van der Waals surface area contributed by atoms with Crippen molar-refractivity contribution in [2.45, 2.75) is 67.5 Å². The SMILES string of the molecule is Cc1cc(Oc2ccccc2)ccc1C1(N)C(=O)C(N)C2c3c1ccc(N)c3SC2NC(=O)[C@H]1CCN(C(=O)OC(C)(C)C)C1. The van der Waals surface area contributed by atoms with E-state index in [9.17, 15) is 14.4 Å². The third-order valence-corrected chi connectivity index (χ3v) is 10.1. The molecule has 45 heavy (non-hydrogen) atoms. The molecule has 1 saturated heterocycles. The summed E-state index contributed by atoms with van der Waals surface area (Å²) < 4.78 is 11.5. The molecule has 0 bridgehead atoms. The maximum Gasteiger partial charge on any atom is 0.410 e. The summed E-state index contributed by atoms with van der Waals surface area (Å²) in [5.74, 6) is -0.172. The molecule has 5 atom stereocenters. The van der Waals surface area contributed by atoms with Gasteiger partial charge in [0.05, 0.1) is 17.3 Å². The molecule has 0 saturated carbocycles. The van der Waals surface area contributed by atoms with E-state index < -0.39 is 40.5 Å². The second-order valence-electron chi connectivity index (χ2n) is 13.0. The molecule has 0 aromatic heterocycles. The van der Waals surface area contributed by atoms with Crippen molar-refractivity contribution < 1.29 is 23.9 Å². The summed E-state index contributed by atoms with van der Waals surface area (Å²) in [7, 11) is 0. The average molecular weight is 630 g/mol. The Labute approximate surface area is 267 Å². The van der Waals surface area contributed by atoms with Gasteiger partial charge in [-0.2, -0.15) is 0 Å². The van der Waals surface area contributed by atoms with Crippen molar-refractivity contribution in [1.82, 2.24) is 10.2 Å². The van der Waals surface area contributed by atoms with E-state index in [4.69, 9.17) is 26.7 Å². The molecule has 6 rings (SSSR count). The lowest BCUT2D eigenvalue weighted by Crippen LogP contribution is -2.61. The lowest BCUT2D eigenvalue weighted by atomic mass is 9.65. The van der Waals surface area contributed by atoms with Gasteiger partial charge < -0.3 is 36.9 Å². The van der Waals surface area contributed by atoms with Crippen molar-refractivity contribution in [2.24, 2.45) is 17.4 Å². The Hall–Kier alpha value is -4.06. The number of benzene rings is 3. The molecule has 0 radical (unpaired) electrons. The van der Waals surface area contributed by atoms with Crippen molar-refractivity contribution in [2.75, 3.05) is 18.8 Å². The van der Waals surface area contributed by atoms with E-state index in [1.165, 1.54) is 11.8 Å². The van der Waals surface area contributed by atoms with Gasteiger partial charge in [-0.05, 0) is 86.7 Å². The molecule has 4 unspecified atom stereocenters. The minimum atomic E-state index is -1.53. The molecule has 3 aromatic carbocycles. The molecule has 1 aliphatic carbocycles. The highest BCUT2D eigenvalue weighted by molar-refractivity contribution is 8.00. The number of para-hydroxylation sites is 1. The number of nitrogens with zero attached hydrogens (tertiary/aromatic N) is 1. The first-order valence-electron chi connectivity index (χ1n) is 15.1. The van der Waals surface area contributed by atoms with Crippen LogP contribution in [0.15, 0.2) is 65.6 Å². The van der Waals surface area contributed by atoms with E-state index in [0.717, 1.165) is 16.0 Å². The molecular formula is C34H39N5O5S. The maximum atomic E-state index is 14.2. The number of amides is 2. The number of hydrogen-bond donors (Lipinski definition) is 4. The summed E-state index contributed by atoms with van der Waals surface area (Å²) in [6, 6.07) is 17.5. The Morgan fingerprint density at radius 3 is 2.44 bits per heavy atom. The zero-order valence-electron chi connectivity index (χ0n) is 25.8. The lowest BCUT2D eigenvalue weighted by Gasteiger charge is -2.42. The summed E-state index contributed by atoms with van der Waals surface area (Å²) in [6.07, 6.45) is 0.0696. The molecule has 10 nitrogen and oxygen atoms in total. The highest BCUT2D eigenvalue weighted by Crippen LogP contribution is 2.56. The van der Waals surface area contributed by atoms with Crippen molar-refractivity contribution in [3.8, 4) is 11.5 Å². The van der Waals surface area contributed by atoms with Gasteiger partial charge >= 0.3 is 6.09 Å².